The first-order valence-corrected chi connectivity index (χ1v) is 5.58. The van der Waals surface area contributed by atoms with E-state index in [1.54, 1.807) is 0 Å². The zero-order chi connectivity index (χ0) is 11.1. The Morgan fingerprint density at radius 1 is 1.33 bits per heavy atom. The van der Waals surface area contributed by atoms with E-state index in [-0.39, 0.29) is 11.5 Å². The van der Waals surface area contributed by atoms with Gasteiger partial charge in [0.05, 0.1) is 0 Å². The van der Waals surface area contributed by atoms with E-state index < -0.39 is 0 Å². The predicted molar refractivity (Wildman–Crippen MR) is 57.6 cm³/mol. The van der Waals surface area contributed by atoms with Crippen molar-refractivity contribution in [3.8, 4) is 0 Å². The van der Waals surface area contributed by atoms with Crippen LogP contribution in [0.4, 0.5) is 0 Å². The molecule has 2 rings (SSSR count). The van der Waals surface area contributed by atoms with Crippen molar-refractivity contribution in [2.75, 3.05) is 0 Å². The molecule has 1 heterocycles. The fourth-order valence-electron chi connectivity index (χ4n) is 2.00. The Labute approximate surface area is 90.2 Å². The Bertz CT molecular complexity index is 340. The summed E-state index contributed by atoms with van der Waals surface area (Å²) in [5, 5.41) is 4.05. The molecule has 0 saturated heterocycles. The van der Waals surface area contributed by atoms with Gasteiger partial charge in [-0.3, -0.25) is 0 Å². The van der Waals surface area contributed by atoms with E-state index in [0.717, 1.165) is 18.7 Å². The largest absolute Gasteiger partial charge is 0.339 e. The molecule has 2 atom stereocenters. The van der Waals surface area contributed by atoms with E-state index in [1.165, 1.54) is 6.42 Å². The molecule has 84 valence electrons. The molecule has 0 aliphatic heterocycles. The van der Waals surface area contributed by atoms with Crippen LogP contribution < -0.4 is 5.73 Å². The van der Waals surface area contributed by atoms with Gasteiger partial charge in [0, 0.05) is 17.4 Å². The fourth-order valence-corrected chi connectivity index (χ4v) is 2.00. The zero-order valence-corrected chi connectivity index (χ0v) is 9.66. The van der Waals surface area contributed by atoms with E-state index in [2.05, 4.69) is 30.9 Å². The van der Waals surface area contributed by atoms with Crippen molar-refractivity contribution in [1.82, 2.24) is 10.1 Å². The number of hydrogen-bond acceptors (Lipinski definition) is 4. The third-order valence-corrected chi connectivity index (χ3v) is 2.98. The number of hydrogen-bond donors (Lipinski definition) is 1. The standard InChI is InChI=1S/C11H19N3O/c1-11(2,3)10-13-9(14-15-10)7-5-4-6-8(7)12/h7-8H,4-6,12H2,1-3H3/t7-,8-/m0/s1. The summed E-state index contributed by atoms with van der Waals surface area (Å²) in [6.45, 7) is 6.20. The van der Waals surface area contributed by atoms with Crippen LogP contribution >= 0.6 is 0 Å². The molecule has 0 spiro atoms. The number of rotatable bonds is 1. The van der Waals surface area contributed by atoms with Crippen LogP contribution in [0.1, 0.15) is 57.7 Å². The van der Waals surface area contributed by atoms with Crippen LogP contribution in [0.3, 0.4) is 0 Å². The Balaban J connectivity index is 2.20. The number of nitrogens with two attached hydrogens (primary N) is 1. The van der Waals surface area contributed by atoms with E-state index >= 15 is 0 Å². The molecule has 0 unspecified atom stereocenters. The van der Waals surface area contributed by atoms with E-state index in [9.17, 15) is 0 Å². The van der Waals surface area contributed by atoms with Gasteiger partial charge < -0.3 is 10.3 Å². The van der Waals surface area contributed by atoms with Crippen LogP contribution in [-0.4, -0.2) is 16.2 Å². The molecule has 2 N–H and O–H groups in total. The third-order valence-electron chi connectivity index (χ3n) is 2.98. The smallest absolute Gasteiger partial charge is 0.232 e. The average molecular weight is 209 g/mol. The summed E-state index contributed by atoms with van der Waals surface area (Å²) < 4.78 is 5.27. The first kappa shape index (κ1) is 10.6. The molecule has 1 aliphatic carbocycles. The minimum atomic E-state index is -0.0754. The number of nitrogens with zero attached hydrogens (tertiary/aromatic N) is 2. The normalized spacial score (nSPS) is 27.2. The maximum absolute atomic E-state index is 6.01. The lowest BCUT2D eigenvalue weighted by atomic mass is 9.97. The van der Waals surface area contributed by atoms with E-state index in [1.807, 2.05) is 0 Å². The lowest BCUT2D eigenvalue weighted by molar-refractivity contribution is 0.316. The summed E-state index contributed by atoms with van der Waals surface area (Å²) in [6, 6.07) is 0.204. The summed E-state index contributed by atoms with van der Waals surface area (Å²) in [4.78, 5) is 4.46. The van der Waals surface area contributed by atoms with Gasteiger partial charge in [0.2, 0.25) is 5.89 Å². The second-order valence-corrected chi connectivity index (χ2v) is 5.41. The van der Waals surface area contributed by atoms with Crippen molar-refractivity contribution >= 4 is 0 Å². The van der Waals surface area contributed by atoms with Crippen molar-refractivity contribution < 1.29 is 4.52 Å². The molecular formula is C11H19N3O. The molecule has 15 heavy (non-hydrogen) atoms. The molecule has 1 aromatic rings. The molecule has 0 radical (unpaired) electrons. The van der Waals surface area contributed by atoms with Gasteiger partial charge in [-0.1, -0.05) is 32.3 Å². The molecule has 1 aromatic heterocycles. The highest BCUT2D eigenvalue weighted by Gasteiger charge is 2.31. The first-order valence-electron chi connectivity index (χ1n) is 5.58. The molecule has 0 aromatic carbocycles. The van der Waals surface area contributed by atoms with E-state index in [4.69, 9.17) is 10.3 Å². The topological polar surface area (TPSA) is 64.9 Å². The maximum atomic E-state index is 6.01. The second kappa shape index (κ2) is 3.59. The Morgan fingerprint density at radius 2 is 2.07 bits per heavy atom. The summed E-state index contributed by atoms with van der Waals surface area (Å²) >= 11 is 0. The molecule has 0 bridgehead atoms. The molecule has 1 aliphatic rings. The molecule has 4 heteroatoms. The van der Waals surface area contributed by atoms with Gasteiger partial charge in [0.1, 0.15) is 0 Å². The molecule has 0 amide bonds. The highest BCUT2D eigenvalue weighted by molar-refractivity contribution is 5.06. The lowest BCUT2D eigenvalue weighted by Crippen LogP contribution is -2.23. The van der Waals surface area contributed by atoms with Crippen molar-refractivity contribution in [2.45, 2.75) is 57.4 Å². The van der Waals surface area contributed by atoms with Crippen LogP contribution in [0, 0.1) is 0 Å². The molecule has 1 fully saturated rings. The van der Waals surface area contributed by atoms with Gasteiger partial charge in [0.25, 0.3) is 0 Å². The van der Waals surface area contributed by atoms with Crippen LogP contribution in [0.15, 0.2) is 4.52 Å². The second-order valence-electron chi connectivity index (χ2n) is 5.41. The van der Waals surface area contributed by atoms with Gasteiger partial charge in [0.15, 0.2) is 5.82 Å². The minimum Gasteiger partial charge on any atom is -0.339 e. The molecular weight excluding hydrogens is 190 g/mol. The Morgan fingerprint density at radius 3 is 2.53 bits per heavy atom. The molecule has 4 nitrogen and oxygen atoms in total. The van der Waals surface area contributed by atoms with Gasteiger partial charge in [-0.15, -0.1) is 0 Å². The van der Waals surface area contributed by atoms with Crippen LogP contribution in [-0.2, 0) is 5.41 Å². The molecule has 1 saturated carbocycles. The maximum Gasteiger partial charge on any atom is 0.232 e. The Kier molecular flexibility index (Phi) is 2.54. The van der Waals surface area contributed by atoms with Crippen molar-refractivity contribution in [3.05, 3.63) is 11.7 Å². The predicted octanol–water partition coefficient (Wildman–Crippen LogP) is 1.96. The average Bonchev–Trinajstić information content (AvgIpc) is 2.69. The first-order chi connectivity index (χ1) is 6.98. The SMILES string of the molecule is CC(C)(C)c1nc([C@H]2CCC[C@@H]2N)no1. The Hall–Kier alpha value is -0.900. The van der Waals surface area contributed by atoms with Gasteiger partial charge >= 0.3 is 0 Å². The van der Waals surface area contributed by atoms with Gasteiger partial charge in [-0.25, -0.2) is 0 Å². The van der Waals surface area contributed by atoms with Gasteiger partial charge in [-0.05, 0) is 12.8 Å². The summed E-state index contributed by atoms with van der Waals surface area (Å²) in [5.74, 6) is 1.80. The third kappa shape index (κ3) is 2.04. The van der Waals surface area contributed by atoms with Crippen LogP contribution in [0.25, 0.3) is 0 Å². The monoisotopic (exact) mass is 209 g/mol. The fraction of sp³-hybridized carbons (Fsp3) is 0.818. The van der Waals surface area contributed by atoms with E-state index in [0.29, 0.717) is 11.8 Å². The summed E-state index contributed by atoms with van der Waals surface area (Å²) in [6.07, 6.45) is 3.33. The van der Waals surface area contributed by atoms with Crippen molar-refractivity contribution in [2.24, 2.45) is 5.73 Å². The highest BCUT2D eigenvalue weighted by atomic mass is 16.5. The van der Waals surface area contributed by atoms with Crippen molar-refractivity contribution in [1.29, 1.82) is 0 Å². The van der Waals surface area contributed by atoms with Gasteiger partial charge in [-0.2, -0.15) is 4.98 Å². The summed E-state index contributed by atoms with van der Waals surface area (Å²) in [5.41, 5.74) is 5.93. The lowest BCUT2D eigenvalue weighted by Gasteiger charge is -2.12. The highest BCUT2D eigenvalue weighted by Crippen LogP contribution is 2.32. The quantitative estimate of drug-likeness (QED) is 0.768. The zero-order valence-electron chi connectivity index (χ0n) is 9.66. The summed E-state index contributed by atoms with van der Waals surface area (Å²) in [7, 11) is 0. The van der Waals surface area contributed by atoms with Crippen molar-refractivity contribution in [3.63, 3.8) is 0 Å². The van der Waals surface area contributed by atoms with Crippen LogP contribution in [0.5, 0.6) is 0 Å². The minimum absolute atomic E-state index is 0.0754. The number of aromatic nitrogens is 2. The van der Waals surface area contributed by atoms with Crippen LogP contribution in [0.2, 0.25) is 0 Å².